The average Bonchev–Trinajstić information content (AvgIpc) is 4.05. The maximum atomic E-state index is 11.9. The van der Waals surface area contributed by atoms with Gasteiger partial charge in [0.05, 0.1) is 17.6 Å². The number of aromatic amines is 1. The lowest BCUT2D eigenvalue weighted by molar-refractivity contribution is 0.239. The highest BCUT2D eigenvalue weighted by molar-refractivity contribution is 5.75. The second kappa shape index (κ2) is 16.3. The summed E-state index contributed by atoms with van der Waals surface area (Å²) in [6.07, 6.45) is 12.7. The number of pyridine rings is 1. The third-order valence-electron chi connectivity index (χ3n) is 12.8. The molecule has 0 radical (unpaired) electrons. The Labute approximate surface area is 343 Å². The number of phenolic OH excluding ortho intramolecular Hbond substituents is 2. The van der Waals surface area contributed by atoms with Crippen molar-refractivity contribution in [1.29, 1.82) is 0 Å². The normalized spacial score (nSPS) is 21.5. The SMILES string of the molecule is Cn1ccc(-c2ccc(-c3ccc(N4CCC5(CCCNC5)C4)nn3)c(O)c2)cc1=O.Oc1cc(-c2cn[nH]c2)ccc1-c1ccc(N2CCC3(CCCNC3)C2)nn1. The summed E-state index contributed by atoms with van der Waals surface area (Å²) >= 11 is 0. The highest BCUT2D eigenvalue weighted by Crippen LogP contribution is 2.40. The maximum absolute atomic E-state index is 11.9. The molecule has 4 aliphatic rings. The molecule has 2 spiro atoms. The first-order chi connectivity index (χ1) is 28.8. The summed E-state index contributed by atoms with van der Waals surface area (Å²) in [6.45, 7) is 8.54. The average molecular weight is 794 g/mol. The minimum atomic E-state index is -0.0878. The number of benzene rings is 2. The first-order valence-electron chi connectivity index (χ1n) is 20.7. The van der Waals surface area contributed by atoms with E-state index in [2.05, 4.69) is 51.0 Å². The zero-order chi connectivity index (χ0) is 40.4. The zero-order valence-electron chi connectivity index (χ0n) is 33.4. The van der Waals surface area contributed by atoms with E-state index in [9.17, 15) is 15.0 Å². The van der Waals surface area contributed by atoms with Crippen molar-refractivity contribution in [3.8, 4) is 56.3 Å². The van der Waals surface area contributed by atoms with E-state index in [1.807, 2.05) is 54.6 Å². The molecule has 59 heavy (non-hydrogen) atoms. The molecule has 5 N–H and O–H groups in total. The predicted molar refractivity (Wildman–Crippen MR) is 229 cm³/mol. The maximum Gasteiger partial charge on any atom is 0.250 e. The highest BCUT2D eigenvalue weighted by atomic mass is 16.3. The van der Waals surface area contributed by atoms with E-state index >= 15 is 0 Å². The minimum absolute atomic E-state index is 0.0878. The molecular formula is C45H51N11O3. The molecular weight excluding hydrogens is 743 g/mol. The van der Waals surface area contributed by atoms with Crippen LogP contribution >= 0.6 is 0 Å². The summed E-state index contributed by atoms with van der Waals surface area (Å²) in [5.41, 5.74) is 6.67. The van der Waals surface area contributed by atoms with Gasteiger partial charge in [-0.2, -0.15) is 5.10 Å². The summed E-state index contributed by atoms with van der Waals surface area (Å²) in [5.74, 6) is 2.12. The Kier molecular flexibility index (Phi) is 10.6. The number of H-pyrrole nitrogens is 1. The van der Waals surface area contributed by atoms with E-state index in [0.717, 1.165) is 86.2 Å². The lowest BCUT2D eigenvalue weighted by atomic mass is 9.80. The largest absolute Gasteiger partial charge is 0.507 e. The molecule has 0 amide bonds. The third kappa shape index (κ3) is 8.15. The van der Waals surface area contributed by atoms with Crippen LogP contribution in [0.15, 0.2) is 96.2 Å². The van der Waals surface area contributed by atoms with Crippen molar-refractivity contribution in [3.63, 3.8) is 0 Å². The summed E-state index contributed by atoms with van der Waals surface area (Å²) in [6, 6.07) is 22.2. The Bertz CT molecular complexity index is 2440. The molecule has 2 aromatic carbocycles. The van der Waals surface area contributed by atoms with E-state index in [-0.39, 0.29) is 17.1 Å². The van der Waals surface area contributed by atoms with Gasteiger partial charge in [0, 0.05) is 92.3 Å². The first-order valence-corrected chi connectivity index (χ1v) is 20.7. The number of anilines is 2. The molecule has 14 nitrogen and oxygen atoms in total. The Morgan fingerprint density at radius 3 is 1.61 bits per heavy atom. The number of aromatic nitrogens is 7. The van der Waals surface area contributed by atoms with Gasteiger partial charge < -0.3 is 35.2 Å². The van der Waals surface area contributed by atoms with Crippen LogP contribution in [0.5, 0.6) is 11.5 Å². The lowest BCUT2D eigenvalue weighted by Gasteiger charge is -2.33. The van der Waals surface area contributed by atoms with E-state index in [4.69, 9.17) is 0 Å². The van der Waals surface area contributed by atoms with Crippen molar-refractivity contribution in [1.82, 2.24) is 45.8 Å². The van der Waals surface area contributed by atoms with Crippen LogP contribution in [0, 0.1) is 10.8 Å². The van der Waals surface area contributed by atoms with E-state index in [0.29, 0.717) is 33.3 Å². The van der Waals surface area contributed by atoms with Gasteiger partial charge in [-0.05, 0) is 123 Å². The van der Waals surface area contributed by atoms with Crippen LogP contribution in [0.25, 0.3) is 44.8 Å². The molecule has 4 aromatic heterocycles. The number of piperidine rings is 2. The van der Waals surface area contributed by atoms with Gasteiger partial charge in [-0.3, -0.25) is 9.89 Å². The molecule has 2 unspecified atom stereocenters. The summed E-state index contributed by atoms with van der Waals surface area (Å²) in [7, 11) is 1.71. The van der Waals surface area contributed by atoms with Gasteiger partial charge in [0.2, 0.25) is 0 Å². The Morgan fingerprint density at radius 2 is 1.17 bits per heavy atom. The number of rotatable bonds is 6. The molecule has 0 bridgehead atoms. The number of nitrogens with one attached hydrogen (secondary N) is 3. The van der Waals surface area contributed by atoms with Gasteiger partial charge in [-0.15, -0.1) is 20.4 Å². The van der Waals surface area contributed by atoms with Crippen LogP contribution < -0.4 is 26.0 Å². The molecule has 4 fully saturated rings. The second-order valence-corrected chi connectivity index (χ2v) is 16.8. The van der Waals surface area contributed by atoms with Gasteiger partial charge in [-0.1, -0.05) is 12.1 Å². The van der Waals surface area contributed by atoms with Gasteiger partial charge >= 0.3 is 0 Å². The van der Waals surface area contributed by atoms with Crippen molar-refractivity contribution >= 4 is 11.6 Å². The molecule has 8 heterocycles. The van der Waals surface area contributed by atoms with Crippen molar-refractivity contribution in [2.24, 2.45) is 17.9 Å². The van der Waals surface area contributed by atoms with Crippen LogP contribution in [0.1, 0.15) is 38.5 Å². The van der Waals surface area contributed by atoms with E-state index < -0.39 is 0 Å². The molecule has 10 rings (SSSR count). The molecule has 4 saturated heterocycles. The monoisotopic (exact) mass is 793 g/mol. The third-order valence-corrected chi connectivity index (χ3v) is 12.8. The van der Waals surface area contributed by atoms with Crippen molar-refractivity contribution in [2.75, 3.05) is 62.2 Å². The molecule has 14 heteroatoms. The molecule has 4 aliphatic heterocycles. The first kappa shape index (κ1) is 38.4. The highest BCUT2D eigenvalue weighted by Gasteiger charge is 2.40. The van der Waals surface area contributed by atoms with Gasteiger partial charge in [0.1, 0.15) is 11.5 Å². The van der Waals surface area contributed by atoms with Crippen LogP contribution in [0.4, 0.5) is 11.6 Å². The predicted octanol–water partition coefficient (Wildman–Crippen LogP) is 5.61. The van der Waals surface area contributed by atoms with Gasteiger partial charge in [0.25, 0.3) is 5.56 Å². The molecule has 2 atom stereocenters. The number of phenols is 2. The van der Waals surface area contributed by atoms with E-state index in [1.165, 1.54) is 43.1 Å². The summed E-state index contributed by atoms with van der Waals surface area (Å²) in [5, 5.41) is 52.6. The molecule has 0 saturated carbocycles. The van der Waals surface area contributed by atoms with Crippen molar-refractivity contribution in [2.45, 2.75) is 38.5 Å². The van der Waals surface area contributed by atoms with E-state index in [1.54, 1.807) is 43.8 Å². The Balaban J connectivity index is 0.000000153. The van der Waals surface area contributed by atoms with Crippen LogP contribution in [0.2, 0.25) is 0 Å². The summed E-state index contributed by atoms with van der Waals surface area (Å²) in [4.78, 5) is 16.6. The van der Waals surface area contributed by atoms with Crippen molar-refractivity contribution in [3.05, 3.63) is 102 Å². The minimum Gasteiger partial charge on any atom is -0.507 e. The molecule has 0 aliphatic carbocycles. The second-order valence-electron chi connectivity index (χ2n) is 16.8. The zero-order valence-corrected chi connectivity index (χ0v) is 33.4. The topological polar surface area (TPSA) is 173 Å². The summed E-state index contributed by atoms with van der Waals surface area (Å²) < 4.78 is 1.52. The van der Waals surface area contributed by atoms with Crippen LogP contribution in [0.3, 0.4) is 0 Å². The number of hydrogen-bond donors (Lipinski definition) is 5. The lowest BCUT2D eigenvalue weighted by Crippen LogP contribution is -2.42. The Hall–Kier alpha value is -6.12. The quantitative estimate of drug-likeness (QED) is 0.141. The van der Waals surface area contributed by atoms with Gasteiger partial charge in [0.15, 0.2) is 11.6 Å². The number of hydrogen-bond acceptors (Lipinski definition) is 12. The fraction of sp³-hybridized carbons (Fsp3) is 0.378. The molecule has 6 aromatic rings. The number of aryl methyl sites for hydroxylation is 1. The smallest absolute Gasteiger partial charge is 0.250 e. The van der Waals surface area contributed by atoms with Crippen LogP contribution in [-0.2, 0) is 7.05 Å². The van der Waals surface area contributed by atoms with Crippen LogP contribution in [-0.4, -0.2) is 97.7 Å². The Morgan fingerprint density at radius 1 is 0.627 bits per heavy atom. The fourth-order valence-electron chi connectivity index (χ4n) is 9.29. The molecule has 304 valence electrons. The van der Waals surface area contributed by atoms with Crippen molar-refractivity contribution < 1.29 is 10.2 Å². The number of aromatic hydroxyl groups is 2. The number of nitrogens with zero attached hydrogens (tertiary/aromatic N) is 8. The standard InChI is InChI=1S/C24H27N5O2.C21H24N6O/c1-28-11-7-18(14-23(28)31)17-3-4-19(21(30)13-17)20-5-6-22(27-26-20)29-12-9-24(16-29)8-2-10-25-15-24;28-19-10-15(16-11-23-24-12-16)2-3-17(19)18-4-5-20(26-25-18)27-9-7-21(14-27)6-1-8-22-13-21/h3-7,11,13-14,25,30H,2,8-10,12,15-16H2,1H3;2-5,10-12,22,28H,1,6-9,13-14H2,(H,23,24). The van der Waals surface area contributed by atoms with Gasteiger partial charge in [-0.25, -0.2) is 0 Å². The fourth-order valence-corrected chi connectivity index (χ4v) is 9.29.